The monoisotopic (exact) mass is 383 g/mol. The summed E-state index contributed by atoms with van der Waals surface area (Å²) in [6.45, 7) is 5.05. The van der Waals surface area contributed by atoms with Gasteiger partial charge in [0, 0.05) is 13.1 Å². The molecule has 0 radical (unpaired) electrons. The zero-order valence-corrected chi connectivity index (χ0v) is 11.0. The van der Waals surface area contributed by atoms with Gasteiger partial charge in [-0.25, -0.2) is 0 Å². The molecule has 0 aromatic carbocycles. The fraction of sp³-hybridized carbons (Fsp3) is 1.00. The minimum absolute atomic E-state index is 0. The van der Waals surface area contributed by atoms with Gasteiger partial charge in [-0.2, -0.15) is 0 Å². The third-order valence-electron chi connectivity index (χ3n) is 2.69. The molecule has 1 fully saturated rings. The van der Waals surface area contributed by atoms with Crippen molar-refractivity contribution >= 4 is 0 Å². The van der Waals surface area contributed by atoms with Gasteiger partial charge in [0.25, 0.3) is 0 Å². The number of ether oxygens (including phenoxy) is 2. The molecule has 2 atom stereocenters. The van der Waals surface area contributed by atoms with E-state index in [2.05, 4.69) is 13.8 Å². The number of hydrogen-bond donors (Lipinski definition) is 2. The van der Waals surface area contributed by atoms with Crippen molar-refractivity contribution in [3.8, 4) is 0 Å². The van der Waals surface area contributed by atoms with Crippen molar-refractivity contribution in [1.29, 1.82) is 0 Å². The van der Waals surface area contributed by atoms with Gasteiger partial charge in [0.15, 0.2) is 5.79 Å². The van der Waals surface area contributed by atoms with Crippen molar-refractivity contribution in [2.45, 2.75) is 44.7 Å². The Balaban J connectivity index is 0.00000169. The van der Waals surface area contributed by atoms with Crippen LogP contribution in [0.1, 0.15) is 26.7 Å². The standard InChI is InChI=1S/C9H20N2O2.Pt/c1-3-9(4-2)12-7(5-10)8(6-11)13-9;/h7-8H,3-6,10-11H2,1-2H3;/q;+2/t7-,8-;/m1./s1. The van der Waals surface area contributed by atoms with Crippen molar-refractivity contribution in [2.24, 2.45) is 11.5 Å². The minimum Gasteiger partial charge on any atom is -0.343 e. The van der Waals surface area contributed by atoms with E-state index in [1.54, 1.807) is 0 Å². The molecular formula is C9H20N2O2Pt+2. The summed E-state index contributed by atoms with van der Waals surface area (Å²) in [6.07, 6.45) is 1.61. The quantitative estimate of drug-likeness (QED) is 0.728. The van der Waals surface area contributed by atoms with Gasteiger partial charge < -0.3 is 20.9 Å². The molecule has 1 aliphatic rings. The van der Waals surface area contributed by atoms with Gasteiger partial charge >= 0.3 is 21.1 Å². The van der Waals surface area contributed by atoms with Crippen molar-refractivity contribution < 1.29 is 30.5 Å². The van der Waals surface area contributed by atoms with Crippen LogP contribution in [0, 0.1) is 0 Å². The van der Waals surface area contributed by atoms with Crippen LogP contribution in [-0.2, 0) is 30.5 Å². The molecule has 4 nitrogen and oxygen atoms in total. The van der Waals surface area contributed by atoms with Crippen molar-refractivity contribution in [3.05, 3.63) is 0 Å². The summed E-state index contributed by atoms with van der Waals surface area (Å²) in [6, 6.07) is 0. The fourth-order valence-corrected chi connectivity index (χ4v) is 1.71. The fourth-order valence-electron chi connectivity index (χ4n) is 1.71. The van der Waals surface area contributed by atoms with Gasteiger partial charge in [-0.1, -0.05) is 13.8 Å². The van der Waals surface area contributed by atoms with Gasteiger partial charge in [-0.05, 0) is 12.8 Å². The van der Waals surface area contributed by atoms with Crippen LogP contribution in [0.15, 0.2) is 0 Å². The third-order valence-corrected chi connectivity index (χ3v) is 2.69. The van der Waals surface area contributed by atoms with E-state index in [0.717, 1.165) is 12.8 Å². The molecule has 0 unspecified atom stereocenters. The molecule has 86 valence electrons. The zero-order chi connectivity index (χ0) is 9.90. The normalized spacial score (nSPS) is 30.0. The zero-order valence-electron chi connectivity index (χ0n) is 8.77. The molecule has 0 aliphatic carbocycles. The van der Waals surface area contributed by atoms with E-state index in [0.29, 0.717) is 13.1 Å². The van der Waals surface area contributed by atoms with Gasteiger partial charge in [0.1, 0.15) is 12.2 Å². The molecule has 1 saturated heterocycles. The van der Waals surface area contributed by atoms with Crippen LogP contribution >= 0.6 is 0 Å². The number of hydrogen-bond acceptors (Lipinski definition) is 4. The van der Waals surface area contributed by atoms with Gasteiger partial charge in [-0.15, -0.1) is 0 Å². The molecule has 0 aromatic rings. The molecule has 4 N–H and O–H groups in total. The van der Waals surface area contributed by atoms with Gasteiger partial charge in [0.2, 0.25) is 0 Å². The van der Waals surface area contributed by atoms with Crippen LogP contribution in [0.5, 0.6) is 0 Å². The second-order valence-corrected chi connectivity index (χ2v) is 3.40. The second-order valence-electron chi connectivity index (χ2n) is 3.40. The van der Waals surface area contributed by atoms with Crippen LogP contribution in [0.2, 0.25) is 0 Å². The molecule has 0 aromatic heterocycles. The molecule has 0 amide bonds. The molecule has 0 saturated carbocycles. The summed E-state index contributed by atoms with van der Waals surface area (Å²) < 4.78 is 11.5. The van der Waals surface area contributed by atoms with Crippen LogP contribution in [0.4, 0.5) is 0 Å². The summed E-state index contributed by atoms with van der Waals surface area (Å²) in [5.74, 6) is -0.436. The van der Waals surface area contributed by atoms with E-state index in [4.69, 9.17) is 20.9 Å². The van der Waals surface area contributed by atoms with E-state index in [9.17, 15) is 0 Å². The Hall–Kier alpha value is 0.528. The average Bonchev–Trinajstić information content (AvgIpc) is 2.57. The molecule has 0 bridgehead atoms. The smallest absolute Gasteiger partial charge is 0.343 e. The summed E-state index contributed by atoms with van der Waals surface area (Å²) in [5.41, 5.74) is 11.1. The van der Waals surface area contributed by atoms with Gasteiger partial charge in [0.05, 0.1) is 0 Å². The molecule has 1 heterocycles. The largest absolute Gasteiger partial charge is 2.00 e. The Labute approximate surface area is 99.9 Å². The van der Waals surface area contributed by atoms with E-state index in [-0.39, 0.29) is 33.3 Å². The third kappa shape index (κ3) is 2.77. The minimum atomic E-state index is -0.436. The van der Waals surface area contributed by atoms with Crippen LogP contribution in [0.25, 0.3) is 0 Å². The Morgan fingerprint density at radius 2 is 1.36 bits per heavy atom. The van der Waals surface area contributed by atoms with E-state index in [1.165, 1.54) is 0 Å². The SMILES string of the molecule is CCC1(CC)O[C@H](CN)[C@@H](CN)O1.[Pt+2]. The van der Waals surface area contributed by atoms with Gasteiger partial charge in [-0.3, -0.25) is 0 Å². The van der Waals surface area contributed by atoms with E-state index < -0.39 is 5.79 Å². The topological polar surface area (TPSA) is 70.5 Å². The Morgan fingerprint density at radius 1 is 1.00 bits per heavy atom. The summed E-state index contributed by atoms with van der Waals surface area (Å²) in [7, 11) is 0. The van der Waals surface area contributed by atoms with Crippen molar-refractivity contribution in [3.63, 3.8) is 0 Å². The summed E-state index contributed by atoms with van der Waals surface area (Å²) in [4.78, 5) is 0. The molecular weight excluding hydrogens is 363 g/mol. The molecule has 5 heteroatoms. The molecule has 1 aliphatic heterocycles. The summed E-state index contributed by atoms with van der Waals surface area (Å²) >= 11 is 0. The summed E-state index contributed by atoms with van der Waals surface area (Å²) in [5, 5.41) is 0. The van der Waals surface area contributed by atoms with E-state index in [1.807, 2.05) is 0 Å². The second kappa shape index (κ2) is 6.19. The van der Waals surface area contributed by atoms with Crippen LogP contribution in [-0.4, -0.2) is 31.1 Å². The van der Waals surface area contributed by atoms with Crippen molar-refractivity contribution in [2.75, 3.05) is 13.1 Å². The first-order valence-electron chi connectivity index (χ1n) is 4.97. The molecule has 0 spiro atoms. The predicted molar refractivity (Wildman–Crippen MR) is 51.2 cm³/mol. The molecule has 1 rings (SSSR count). The Morgan fingerprint density at radius 3 is 1.57 bits per heavy atom. The Kier molecular flexibility index (Phi) is 6.42. The Bertz CT molecular complexity index is 151. The first-order valence-corrected chi connectivity index (χ1v) is 4.97. The van der Waals surface area contributed by atoms with Crippen molar-refractivity contribution in [1.82, 2.24) is 0 Å². The number of nitrogens with two attached hydrogens (primary N) is 2. The average molecular weight is 383 g/mol. The maximum atomic E-state index is 5.77. The predicted octanol–water partition coefficient (Wildman–Crippen LogP) is 0.202. The molecule has 14 heavy (non-hydrogen) atoms. The first kappa shape index (κ1) is 14.5. The maximum absolute atomic E-state index is 5.77. The number of rotatable bonds is 4. The van der Waals surface area contributed by atoms with Crippen LogP contribution < -0.4 is 11.5 Å². The van der Waals surface area contributed by atoms with Crippen LogP contribution in [0.3, 0.4) is 0 Å². The first-order chi connectivity index (χ1) is 6.21. The maximum Gasteiger partial charge on any atom is 2.00 e. The van der Waals surface area contributed by atoms with E-state index >= 15 is 0 Å².